The largest absolute Gasteiger partial charge is 0.497 e. The van der Waals surface area contributed by atoms with E-state index >= 15 is 0 Å². The number of nitrogens with one attached hydrogen (secondary N) is 1. The van der Waals surface area contributed by atoms with Crippen LogP contribution < -0.4 is 14.8 Å². The van der Waals surface area contributed by atoms with Gasteiger partial charge in [-0.2, -0.15) is 0 Å². The molecule has 1 N–H and O–H groups in total. The Balaban J connectivity index is 1.44. The molecule has 2 heterocycles. The number of hydrogen-bond acceptors (Lipinski definition) is 6. The Kier molecular flexibility index (Phi) is 5.71. The number of hydrogen-bond donors (Lipinski definition) is 1. The van der Waals surface area contributed by atoms with E-state index in [0.29, 0.717) is 34.9 Å². The Bertz CT molecular complexity index is 907. The summed E-state index contributed by atoms with van der Waals surface area (Å²) < 4.78 is 10.7. The molecule has 2 aliphatic rings. The van der Waals surface area contributed by atoms with Crippen molar-refractivity contribution >= 4 is 28.3 Å². The Labute approximate surface area is 174 Å². The molecule has 8 heteroatoms. The maximum atomic E-state index is 12.7. The average Bonchev–Trinajstić information content (AvgIpc) is 3.48. The Morgan fingerprint density at radius 2 is 2.03 bits per heavy atom. The topological polar surface area (TPSA) is 80.8 Å². The van der Waals surface area contributed by atoms with E-state index in [1.165, 1.54) is 24.2 Å². The van der Waals surface area contributed by atoms with Gasteiger partial charge in [-0.1, -0.05) is 12.8 Å². The first kappa shape index (κ1) is 19.7. The van der Waals surface area contributed by atoms with Gasteiger partial charge in [-0.05, 0) is 31.0 Å². The molecule has 2 aromatic rings. The van der Waals surface area contributed by atoms with Crippen molar-refractivity contribution in [3.8, 4) is 22.8 Å². The minimum absolute atomic E-state index is 0.0954. The van der Waals surface area contributed by atoms with E-state index < -0.39 is 0 Å². The van der Waals surface area contributed by atoms with Gasteiger partial charge in [0.1, 0.15) is 11.5 Å². The zero-order valence-electron chi connectivity index (χ0n) is 16.6. The van der Waals surface area contributed by atoms with Crippen molar-refractivity contribution in [2.24, 2.45) is 5.92 Å². The van der Waals surface area contributed by atoms with Crippen molar-refractivity contribution in [2.45, 2.75) is 38.1 Å². The van der Waals surface area contributed by atoms with Gasteiger partial charge >= 0.3 is 0 Å². The number of methoxy groups -OCH3 is 2. The molecule has 0 radical (unpaired) electrons. The van der Waals surface area contributed by atoms with Gasteiger partial charge in [0.25, 0.3) is 0 Å². The highest BCUT2D eigenvalue weighted by molar-refractivity contribution is 7.14. The summed E-state index contributed by atoms with van der Waals surface area (Å²) in [5.74, 6) is 1.02. The predicted molar refractivity (Wildman–Crippen MR) is 111 cm³/mol. The summed E-state index contributed by atoms with van der Waals surface area (Å²) in [6.07, 6.45) is 4.72. The molecule has 1 aromatic heterocycles. The molecule has 1 aliphatic carbocycles. The molecule has 1 atom stereocenters. The van der Waals surface area contributed by atoms with Crippen molar-refractivity contribution in [3.05, 3.63) is 23.6 Å². The molecule has 0 spiro atoms. The van der Waals surface area contributed by atoms with E-state index in [0.717, 1.165) is 18.4 Å². The molecule has 1 aromatic carbocycles. The van der Waals surface area contributed by atoms with Crippen molar-refractivity contribution in [1.82, 2.24) is 9.88 Å². The quantitative estimate of drug-likeness (QED) is 0.780. The van der Waals surface area contributed by atoms with E-state index in [2.05, 4.69) is 10.3 Å². The first-order valence-electron chi connectivity index (χ1n) is 9.87. The monoisotopic (exact) mass is 415 g/mol. The molecular formula is C21H25N3O4S. The standard InChI is InChI=1S/C21H25N3O4S/c1-27-15-7-8-18(28-2)16(10-15)17-12-29-21(22-17)23-20(26)13-9-19(25)24(11-13)14-5-3-4-6-14/h7-8,10,12-14H,3-6,9,11H2,1-2H3,(H,22,23,26)/t13-/m0/s1. The van der Waals surface area contributed by atoms with Crippen LogP contribution in [0.2, 0.25) is 0 Å². The van der Waals surface area contributed by atoms with Crippen molar-refractivity contribution in [3.63, 3.8) is 0 Å². The molecule has 4 rings (SSSR count). The third kappa shape index (κ3) is 4.07. The highest BCUT2D eigenvalue weighted by Crippen LogP contribution is 2.35. The second-order valence-electron chi connectivity index (χ2n) is 7.48. The van der Waals surface area contributed by atoms with Crippen LogP contribution in [-0.2, 0) is 9.59 Å². The molecule has 1 saturated heterocycles. The summed E-state index contributed by atoms with van der Waals surface area (Å²) in [7, 11) is 3.21. The Hall–Kier alpha value is -2.61. The van der Waals surface area contributed by atoms with Crippen LogP contribution in [0.4, 0.5) is 5.13 Å². The van der Waals surface area contributed by atoms with Gasteiger partial charge in [0.2, 0.25) is 11.8 Å². The van der Waals surface area contributed by atoms with E-state index in [1.54, 1.807) is 14.2 Å². The highest BCUT2D eigenvalue weighted by Gasteiger charge is 2.38. The van der Waals surface area contributed by atoms with Crippen LogP contribution in [-0.4, -0.2) is 48.5 Å². The van der Waals surface area contributed by atoms with Crippen molar-refractivity contribution in [2.75, 3.05) is 26.1 Å². The zero-order valence-corrected chi connectivity index (χ0v) is 17.5. The fraction of sp³-hybridized carbons (Fsp3) is 0.476. The van der Waals surface area contributed by atoms with Gasteiger partial charge in [-0.25, -0.2) is 4.98 Å². The van der Waals surface area contributed by atoms with Gasteiger partial charge < -0.3 is 19.7 Å². The van der Waals surface area contributed by atoms with Crippen LogP contribution in [0, 0.1) is 5.92 Å². The molecule has 2 amide bonds. The molecule has 2 fully saturated rings. The fourth-order valence-electron chi connectivity index (χ4n) is 4.15. The Morgan fingerprint density at radius 3 is 2.76 bits per heavy atom. The van der Waals surface area contributed by atoms with E-state index in [9.17, 15) is 9.59 Å². The third-order valence-corrected chi connectivity index (χ3v) is 6.47. The number of carbonyl (C=O) groups is 2. The second kappa shape index (κ2) is 8.41. The number of aromatic nitrogens is 1. The second-order valence-corrected chi connectivity index (χ2v) is 8.34. The van der Waals surface area contributed by atoms with E-state index in [-0.39, 0.29) is 24.2 Å². The molecule has 154 valence electrons. The number of thiazole rings is 1. The predicted octanol–water partition coefficient (Wildman–Crippen LogP) is 3.56. The first-order chi connectivity index (χ1) is 14.1. The lowest BCUT2D eigenvalue weighted by Crippen LogP contribution is -2.35. The number of likely N-dealkylation sites (tertiary alicyclic amines) is 1. The van der Waals surface area contributed by atoms with E-state index in [1.807, 2.05) is 28.5 Å². The maximum absolute atomic E-state index is 12.7. The molecule has 0 unspecified atom stereocenters. The van der Waals surface area contributed by atoms with Crippen LogP contribution >= 0.6 is 11.3 Å². The average molecular weight is 416 g/mol. The molecule has 0 bridgehead atoms. The van der Waals surface area contributed by atoms with Crippen molar-refractivity contribution < 1.29 is 19.1 Å². The minimum Gasteiger partial charge on any atom is -0.497 e. The van der Waals surface area contributed by atoms with Gasteiger partial charge in [0.15, 0.2) is 5.13 Å². The Morgan fingerprint density at radius 1 is 1.24 bits per heavy atom. The zero-order chi connectivity index (χ0) is 20.4. The molecular weight excluding hydrogens is 390 g/mol. The van der Waals surface area contributed by atoms with Crippen molar-refractivity contribution in [1.29, 1.82) is 0 Å². The molecule has 29 heavy (non-hydrogen) atoms. The van der Waals surface area contributed by atoms with Crippen LogP contribution in [0.5, 0.6) is 11.5 Å². The summed E-state index contributed by atoms with van der Waals surface area (Å²) in [6.45, 7) is 0.511. The number of benzene rings is 1. The van der Waals surface area contributed by atoms with Crippen LogP contribution in [0.1, 0.15) is 32.1 Å². The SMILES string of the molecule is COc1ccc(OC)c(-c2csc(NC(=O)[C@H]3CC(=O)N(C4CCCC4)C3)n2)c1. The maximum Gasteiger partial charge on any atom is 0.231 e. The summed E-state index contributed by atoms with van der Waals surface area (Å²) in [4.78, 5) is 31.5. The van der Waals surface area contributed by atoms with Crippen LogP contribution in [0.25, 0.3) is 11.3 Å². The number of carbonyl (C=O) groups excluding carboxylic acids is 2. The number of rotatable bonds is 6. The number of amides is 2. The molecule has 1 saturated carbocycles. The number of ether oxygens (including phenoxy) is 2. The highest BCUT2D eigenvalue weighted by atomic mass is 32.1. The third-order valence-electron chi connectivity index (χ3n) is 5.71. The summed E-state index contributed by atoms with van der Waals surface area (Å²) in [5, 5.41) is 5.28. The lowest BCUT2D eigenvalue weighted by Gasteiger charge is -2.23. The lowest BCUT2D eigenvalue weighted by atomic mass is 10.1. The fourth-order valence-corrected chi connectivity index (χ4v) is 4.87. The number of anilines is 1. The van der Waals surface area contributed by atoms with Crippen LogP contribution in [0.15, 0.2) is 23.6 Å². The van der Waals surface area contributed by atoms with Crippen LogP contribution in [0.3, 0.4) is 0 Å². The minimum atomic E-state index is -0.318. The first-order valence-corrected chi connectivity index (χ1v) is 10.7. The van der Waals surface area contributed by atoms with Gasteiger partial charge in [0, 0.05) is 30.0 Å². The van der Waals surface area contributed by atoms with Gasteiger partial charge in [0.05, 0.1) is 25.8 Å². The number of nitrogens with zero attached hydrogens (tertiary/aromatic N) is 2. The summed E-state index contributed by atoms with van der Waals surface area (Å²) in [6, 6.07) is 5.82. The summed E-state index contributed by atoms with van der Waals surface area (Å²) in [5.41, 5.74) is 1.50. The molecule has 1 aliphatic heterocycles. The van der Waals surface area contributed by atoms with E-state index in [4.69, 9.17) is 9.47 Å². The summed E-state index contributed by atoms with van der Waals surface area (Å²) >= 11 is 1.35. The van der Waals surface area contributed by atoms with Gasteiger partial charge in [-0.15, -0.1) is 11.3 Å². The normalized spacial score (nSPS) is 19.6. The van der Waals surface area contributed by atoms with Gasteiger partial charge in [-0.3, -0.25) is 9.59 Å². The smallest absolute Gasteiger partial charge is 0.231 e. The molecule has 7 nitrogen and oxygen atoms in total. The lowest BCUT2D eigenvalue weighted by molar-refractivity contribution is -0.129.